The van der Waals surface area contributed by atoms with Gasteiger partial charge in [-0.1, -0.05) is 36.8 Å². The summed E-state index contributed by atoms with van der Waals surface area (Å²) < 4.78 is 13.5. The first kappa shape index (κ1) is 15.7. The van der Waals surface area contributed by atoms with E-state index in [1.807, 2.05) is 13.0 Å². The van der Waals surface area contributed by atoms with Crippen LogP contribution in [0.4, 0.5) is 4.39 Å². The van der Waals surface area contributed by atoms with E-state index in [-0.39, 0.29) is 11.9 Å². The molecule has 0 saturated heterocycles. The molecule has 2 aromatic carbocycles. The van der Waals surface area contributed by atoms with Crippen LogP contribution in [-0.2, 0) is 6.42 Å². The molecular weight excluding hydrogens is 261 g/mol. The molecule has 0 bridgehead atoms. The van der Waals surface area contributed by atoms with Crippen molar-refractivity contribution in [2.45, 2.75) is 40.2 Å². The Hall–Kier alpha value is -1.67. The first-order valence-corrected chi connectivity index (χ1v) is 7.56. The molecule has 2 rings (SSSR count). The van der Waals surface area contributed by atoms with Crippen LogP contribution in [0.1, 0.15) is 40.8 Å². The summed E-state index contributed by atoms with van der Waals surface area (Å²) in [5.74, 6) is -0.161. The molecule has 0 aliphatic carbocycles. The molecule has 2 aromatic rings. The molecule has 0 spiro atoms. The van der Waals surface area contributed by atoms with Crippen LogP contribution in [0.3, 0.4) is 0 Å². The summed E-state index contributed by atoms with van der Waals surface area (Å²) in [5.41, 5.74) is 6.07. The third kappa shape index (κ3) is 3.92. The largest absolute Gasteiger partial charge is 0.310 e. The number of rotatable bonds is 5. The normalized spacial score (nSPS) is 12.4. The van der Waals surface area contributed by atoms with Gasteiger partial charge >= 0.3 is 0 Å². The molecule has 112 valence electrons. The second kappa shape index (κ2) is 6.86. The zero-order chi connectivity index (χ0) is 15.4. The molecular formula is C19H24FN. The predicted octanol–water partition coefficient (Wildman–Crippen LogP) is 4.64. The van der Waals surface area contributed by atoms with Crippen molar-refractivity contribution in [1.82, 2.24) is 5.32 Å². The van der Waals surface area contributed by atoms with Crippen LogP contribution >= 0.6 is 0 Å². The fourth-order valence-electron chi connectivity index (χ4n) is 2.83. The standard InChI is InChI=1S/C19H24FN/c1-5-21-19(18-9-6-13(2)10-15(18)4)12-16-11-17(20)8-7-14(16)3/h6-11,19,21H,5,12H2,1-4H3. The first-order chi connectivity index (χ1) is 10.0. The summed E-state index contributed by atoms with van der Waals surface area (Å²) in [6.07, 6.45) is 0.807. The van der Waals surface area contributed by atoms with Crippen LogP contribution in [0.15, 0.2) is 36.4 Å². The molecule has 1 nitrogen and oxygen atoms in total. The van der Waals surface area contributed by atoms with Gasteiger partial charge in [0.2, 0.25) is 0 Å². The van der Waals surface area contributed by atoms with Gasteiger partial charge in [0.05, 0.1) is 0 Å². The van der Waals surface area contributed by atoms with Crippen molar-refractivity contribution < 1.29 is 4.39 Å². The van der Waals surface area contributed by atoms with Gasteiger partial charge in [0, 0.05) is 6.04 Å². The molecule has 1 N–H and O–H groups in total. The van der Waals surface area contributed by atoms with E-state index in [0.717, 1.165) is 24.1 Å². The Morgan fingerprint density at radius 1 is 1.00 bits per heavy atom. The lowest BCUT2D eigenvalue weighted by atomic mass is 9.92. The molecule has 0 fully saturated rings. The van der Waals surface area contributed by atoms with Gasteiger partial charge in [-0.3, -0.25) is 0 Å². The lowest BCUT2D eigenvalue weighted by Crippen LogP contribution is -2.24. The van der Waals surface area contributed by atoms with Crippen LogP contribution in [-0.4, -0.2) is 6.54 Å². The van der Waals surface area contributed by atoms with Gasteiger partial charge < -0.3 is 5.32 Å². The average Bonchev–Trinajstić information content (AvgIpc) is 2.42. The Morgan fingerprint density at radius 2 is 1.76 bits per heavy atom. The maximum absolute atomic E-state index is 13.5. The van der Waals surface area contributed by atoms with Gasteiger partial charge in [-0.25, -0.2) is 4.39 Å². The molecule has 0 radical (unpaired) electrons. The molecule has 0 heterocycles. The van der Waals surface area contributed by atoms with E-state index in [4.69, 9.17) is 0 Å². The zero-order valence-electron chi connectivity index (χ0n) is 13.3. The van der Waals surface area contributed by atoms with Crippen LogP contribution in [0.25, 0.3) is 0 Å². The number of likely N-dealkylation sites (N-methyl/N-ethyl adjacent to an activating group) is 1. The topological polar surface area (TPSA) is 12.0 Å². The fourth-order valence-corrected chi connectivity index (χ4v) is 2.83. The third-order valence-electron chi connectivity index (χ3n) is 3.99. The lowest BCUT2D eigenvalue weighted by molar-refractivity contribution is 0.543. The van der Waals surface area contributed by atoms with Gasteiger partial charge in [-0.15, -0.1) is 0 Å². The van der Waals surface area contributed by atoms with Crippen LogP contribution in [0.2, 0.25) is 0 Å². The second-order valence-electron chi connectivity index (χ2n) is 5.75. The molecule has 0 amide bonds. The van der Waals surface area contributed by atoms with E-state index in [1.165, 1.54) is 22.8 Å². The minimum atomic E-state index is -0.161. The molecule has 1 unspecified atom stereocenters. The third-order valence-corrected chi connectivity index (χ3v) is 3.99. The monoisotopic (exact) mass is 285 g/mol. The second-order valence-corrected chi connectivity index (χ2v) is 5.75. The van der Waals surface area contributed by atoms with Crippen molar-refractivity contribution in [1.29, 1.82) is 0 Å². The zero-order valence-corrected chi connectivity index (χ0v) is 13.3. The maximum atomic E-state index is 13.5. The van der Waals surface area contributed by atoms with Crippen molar-refractivity contribution in [2.75, 3.05) is 6.54 Å². The molecule has 0 aliphatic rings. The van der Waals surface area contributed by atoms with Gasteiger partial charge in [0.1, 0.15) is 5.82 Å². The number of hydrogen-bond acceptors (Lipinski definition) is 1. The van der Waals surface area contributed by atoms with E-state index < -0.39 is 0 Å². The maximum Gasteiger partial charge on any atom is 0.123 e. The van der Waals surface area contributed by atoms with Crippen molar-refractivity contribution in [3.05, 3.63) is 70.0 Å². The van der Waals surface area contributed by atoms with Gasteiger partial charge in [0.15, 0.2) is 0 Å². The number of benzene rings is 2. The van der Waals surface area contributed by atoms with E-state index in [1.54, 1.807) is 6.07 Å². The van der Waals surface area contributed by atoms with E-state index in [0.29, 0.717) is 0 Å². The number of hydrogen-bond donors (Lipinski definition) is 1. The molecule has 1 atom stereocenters. The summed E-state index contributed by atoms with van der Waals surface area (Å²) in [5, 5.41) is 3.53. The summed E-state index contributed by atoms with van der Waals surface area (Å²) in [6.45, 7) is 9.29. The Kier molecular flexibility index (Phi) is 5.13. The van der Waals surface area contributed by atoms with Crippen LogP contribution in [0, 0.1) is 26.6 Å². The molecule has 21 heavy (non-hydrogen) atoms. The van der Waals surface area contributed by atoms with E-state index in [2.05, 4.69) is 44.3 Å². The average molecular weight is 285 g/mol. The Bertz CT molecular complexity index is 619. The van der Waals surface area contributed by atoms with Gasteiger partial charge in [-0.05, 0) is 68.1 Å². The highest BCUT2D eigenvalue weighted by atomic mass is 19.1. The van der Waals surface area contributed by atoms with Crippen LogP contribution in [0.5, 0.6) is 0 Å². The number of aryl methyl sites for hydroxylation is 3. The minimum Gasteiger partial charge on any atom is -0.310 e. The molecule has 0 aliphatic heterocycles. The molecule has 0 saturated carbocycles. The number of nitrogens with one attached hydrogen (secondary N) is 1. The summed E-state index contributed by atoms with van der Waals surface area (Å²) in [6, 6.07) is 11.8. The summed E-state index contributed by atoms with van der Waals surface area (Å²) in [4.78, 5) is 0. The van der Waals surface area contributed by atoms with Crippen molar-refractivity contribution in [3.8, 4) is 0 Å². The Morgan fingerprint density at radius 3 is 2.43 bits per heavy atom. The SMILES string of the molecule is CCNC(Cc1cc(F)ccc1C)c1ccc(C)cc1C. The summed E-state index contributed by atoms with van der Waals surface area (Å²) >= 11 is 0. The lowest BCUT2D eigenvalue weighted by Gasteiger charge is -2.22. The van der Waals surface area contributed by atoms with Crippen molar-refractivity contribution in [2.24, 2.45) is 0 Å². The predicted molar refractivity (Wildman–Crippen MR) is 87.2 cm³/mol. The minimum absolute atomic E-state index is 0.161. The Balaban J connectivity index is 2.32. The van der Waals surface area contributed by atoms with Crippen molar-refractivity contribution >= 4 is 0 Å². The fraction of sp³-hybridized carbons (Fsp3) is 0.368. The highest BCUT2D eigenvalue weighted by Crippen LogP contribution is 2.24. The highest BCUT2D eigenvalue weighted by Gasteiger charge is 2.15. The van der Waals surface area contributed by atoms with Gasteiger partial charge in [-0.2, -0.15) is 0 Å². The quantitative estimate of drug-likeness (QED) is 0.843. The van der Waals surface area contributed by atoms with E-state index in [9.17, 15) is 4.39 Å². The molecule has 2 heteroatoms. The van der Waals surface area contributed by atoms with Crippen molar-refractivity contribution in [3.63, 3.8) is 0 Å². The number of halogens is 1. The molecule has 0 aromatic heterocycles. The first-order valence-electron chi connectivity index (χ1n) is 7.56. The van der Waals surface area contributed by atoms with Gasteiger partial charge in [0.25, 0.3) is 0 Å². The summed E-state index contributed by atoms with van der Waals surface area (Å²) in [7, 11) is 0. The Labute approximate surface area is 127 Å². The van der Waals surface area contributed by atoms with Crippen LogP contribution < -0.4 is 5.32 Å². The smallest absolute Gasteiger partial charge is 0.123 e. The highest BCUT2D eigenvalue weighted by molar-refractivity contribution is 5.35. The van der Waals surface area contributed by atoms with E-state index >= 15 is 0 Å².